The summed E-state index contributed by atoms with van der Waals surface area (Å²) < 4.78 is 141. The number of carboxylic acids is 2. The van der Waals surface area contributed by atoms with Crippen LogP contribution in [-0.2, 0) is 46.2 Å². The molecule has 148 heavy (non-hydrogen) atoms. The summed E-state index contributed by atoms with van der Waals surface area (Å²) in [6, 6.07) is 54.2. The van der Waals surface area contributed by atoms with E-state index in [0.717, 1.165) is 38.2 Å². The number of halogens is 5. The van der Waals surface area contributed by atoms with Crippen LogP contribution in [0.3, 0.4) is 0 Å². The van der Waals surface area contributed by atoms with Crippen molar-refractivity contribution >= 4 is 176 Å². The minimum Gasteiger partial charge on any atom is -0.497 e. The van der Waals surface area contributed by atoms with Crippen molar-refractivity contribution in [1.29, 1.82) is 0 Å². The van der Waals surface area contributed by atoms with Gasteiger partial charge in [-0.3, -0.25) is 28.8 Å². The van der Waals surface area contributed by atoms with Crippen LogP contribution in [0.2, 0.25) is 10.3 Å². The Kier molecular flexibility index (Phi) is 24.9. The van der Waals surface area contributed by atoms with Gasteiger partial charge in [0.05, 0.1) is 157 Å². The molecule has 8 N–H and O–H groups in total. The van der Waals surface area contributed by atoms with E-state index in [1.54, 1.807) is 152 Å². The Morgan fingerprint density at radius 2 is 0.797 bits per heavy atom. The monoisotopic (exact) mass is 2070 g/mol. The first-order chi connectivity index (χ1) is 71.2. The van der Waals surface area contributed by atoms with Crippen LogP contribution in [-0.4, -0.2) is 124 Å². The van der Waals surface area contributed by atoms with E-state index in [9.17, 15) is 65.4 Å². The lowest BCUT2D eigenvalue weighted by Crippen LogP contribution is -2.35. The molecule has 744 valence electrons. The Morgan fingerprint density at radius 3 is 1.24 bits per heavy atom. The molecule has 14 heterocycles. The molecule has 24 rings (SSSR count). The fourth-order valence-electron chi connectivity index (χ4n) is 19.3. The van der Waals surface area contributed by atoms with Gasteiger partial charge in [0.25, 0.3) is 34.1 Å². The third-order valence-corrected chi connectivity index (χ3v) is 30.8. The second kappa shape index (κ2) is 38.2. The van der Waals surface area contributed by atoms with E-state index >= 15 is 13.2 Å². The maximum absolute atomic E-state index is 15.1. The molecule has 0 saturated heterocycles. The highest BCUT2D eigenvalue weighted by Gasteiger charge is 2.42. The summed E-state index contributed by atoms with van der Waals surface area (Å²) in [6.07, 6.45) is 13.6. The number of hydrogen-bond acceptors (Lipinski definition) is 20. The van der Waals surface area contributed by atoms with E-state index in [0.29, 0.717) is 126 Å². The van der Waals surface area contributed by atoms with Crippen molar-refractivity contribution in [2.24, 2.45) is 0 Å². The maximum Gasteiger partial charge on any atom is 0.353 e. The predicted molar refractivity (Wildman–Crippen MR) is 554 cm³/mol. The molecule has 0 spiro atoms. The number of furan rings is 4. The number of benzene rings is 8. The van der Waals surface area contributed by atoms with E-state index in [-0.39, 0.29) is 125 Å². The Hall–Kier alpha value is -17.6. The normalized spacial score (nSPS) is 12.7. The lowest BCUT2D eigenvalue weighted by atomic mass is 10.0. The van der Waals surface area contributed by atoms with Crippen molar-refractivity contribution in [3.8, 4) is 56.0 Å². The van der Waals surface area contributed by atoms with Crippen LogP contribution in [0.4, 0.5) is 13.2 Å². The van der Waals surface area contributed by atoms with Crippen molar-refractivity contribution in [2.45, 2.75) is 83.1 Å². The van der Waals surface area contributed by atoms with Crippen molar-refractivity contribution in [3.63, 3.8) is 0 Å². The Balaban J connectivity index is 0.000000116. The lowest BCUT2D eigenvalue weighted by molar-refractivity contribution is 0.0676. The summed E-state index contributed by atoms with van der Waals surface area (Å²) >= 11 is 13.0. The average molecular weight is 2070 g/mol. The number of carbonyl (C=O) groups excluding carboxylic acids is 2. The molecule has 8 aromatic carbocycles. The van der Waals surface area contributed by atoms with Crippen LogP contribution in [0.15, 0.2) is 281 Å². The van der Waals surface area contributed by atoms with Crippen LogP contribution in [0, 0.1) is 38.2 Å². The van der Waals surface area contributed by atoms with Gasteiger partial charge in [-0.1, -0.05) is 65.2 Å². The molecule has 2 aliphatic rings. The maximum atomic E-state index is 15.1. The van der Waals surface area contributed by atoms with Gasteiger partial charge in [-0.25, -0.2) is 59.0 Å². The molecular weight excluding hydrogens is 1990 g/mol. The number of rotatable bonds is 22. The van der Waals surface area contributed by atoms with E-state index in [2.05, 4.69) is 45.4 Å². The van der Waals surface area contributed by atoms with Crippen molar-refractivity contribution in [1.82, 2.24) is 57.6 Å². The number of carboxylic acid groups (broad SMARTS) is 2. The second-order valence-electron chi connectivity index (χ2n) is 35.8. The topological polar surface area (TPSA) is 449 Å². The second-order valence-corrected chi connectivity index (χ2v) is 40.4. The summed E-state index contributed by atoms with van der Waals surface area (Å²) in [7, 11) is -4.66. The van der Waals surface area contributed by atoms with Crippen LogP contribution in [0.5, 0.6) is 11.5 Å². The molecule has 0 atom stereocenters. The number of sulfonamides is 2. The highest BCUT2D eigenvalue weighted by Crippen LogP contribution is 2.47. The molecule has 0 bridgehead atoms. The number of ether oxygens (including phenoxy) is 2. The van der Waals surface area contributed by atoms with Crippen LogP contribution >= 0.6 is 23.2 Å². The molecule has 2 saturated carbocycles. The van der Waals surface area contributed by atoms with Gasteiger partial charge in [0.15, 0.2) is 0 Å². The Morgan fingerprint density at radius 1 is 0.405 bits per heavy atom. The Bertz CT molecular complexity index is 9860. The summed E-state index contributed by atoms with van der Waals surface area (Å²) in [6.45, 7) is 5.76. The van der Waals surface area contributed by atoms with Gasteiger partial charge in [-0.15, -0.1) is 0 Å². The number of amides is 2. The number of methoxy groups -OCH3 is 2. The smallest absolute Gasteiger partial charge is 0.353 e. The number of carbonyl (C=O) groups is 4. The van der Waals surface area contributed by atoms with Crippen molar-refractivity contribution in [2.75, 3.05) is 14.2 Å². The van der Waals surface area contributed by atoms with Gasteiger partial charge < -0.3 is 75.6 Å². The van der Waals surface area contributed by atoms with Crippen molar-refractivity contribution < 1.29 is 86.5 Å². The molecule has 39 heteroatoms. The van der Waals surface area contributed by atoms with Crippen LogP contribution < -0.4 is 41.2 Å². The molecule has 32 nitrogen and oxygen atoms in total. The SMILES string of the molecule is COc1ccc2cc(Cn3c(C(=O)O)c(-c4ccc[nH]c4=O)c4c5occc5c(F)cc43)c(Cl)nc2c1.COc1ccc2nc(Cl)c(Cn3c(C(=O)O)c(-c4ccc[nH]c4=O)c4c5occc5c(F)cc43)cc2c1.Cc1ccc(Cn2c(C(=O)NS(=O)(=O)C3CC3)c(-c3ccc[nH]c3=O)c3c4occc4ccc32)c(C)c1.Cc1cccc(Cn2c(C(=O)NS(=O)(=O)C3CC3)c(-c3ccc[nH]c3=O)c3c4occc4ccc32)c1F. The predicted octanol–water partition coefficient (Wildman–Crippen LogP) is 20.8. The van der Waals surface area contributed by atoms with Gasteiger partial charge in [0.1, 0.15) is 84.4 Å². The molecular formula is C109H81Cl2F3N12O20S2. The molecule has 2 amide bonds. The van der Waals surface area contributed by atoms with E-state index in [4.69, 9.17) is 50.3 Å². The number of aromatic amines is 4. The molecule has 14 aromatic heterocycles. The molecule has 22 aromatic rings. The van der Waals surface area contributed by atoms with Gasteiger partial charge in [0.2, 0.25) is 20.0 Å². The van der Waals surface area contributed by atoms with Gasteiger partial charge in [0, 0.05) is 97.9 Å². The first-order valence-electron chi connectivity index (χ1n) is 46.1. The third kappa shape index (κ3) is 17.5. The quantitative estimate of drug-likeness (QED) is 0.0292. The van der Waals surface area contributed by atoms with Crippen LogP contribution in [0.25, 0.3) is 154 Å². The van der Waals surface area contributed by atoms with Gasteiger partial charge in [-0.05, 0) is 215 Å². The number of aromatic carboxylic acids is 2. The van der Waals surface area contributed by atoms with Crippen LogP contribution in [0.1, 0.15) is 107 Å². The van der Waals surface area contributed by atoms with E-state index < -0.39 is 94.0 Å². The van der Waals surface area contributed by atoms with Crippen molar-refractivity contribution in [3.05, 3.63) is 375 Å². The number of aryl methyl sites for hydroxylation is 3. The largest absolute Gasteiger partial charge is 0.497 e. The van der Waals surface area contributed by atoms with Gasteiger partial charge >= 0.3 is 11.9 Å². The standard InChI is InChI=1S/C28H25N3O5S.2C27H17ClFN3O5.C27H22FN3O5S/c1-16-5-6-19(17(2)14-16)15-31-22-10-7-18-11-13-36-26(18)24(22)23(21-4-3-12-29-27(21)32)25(31)28(33)30-37(34,35)20-8-9-20;1-36-15-4-5-19-13(10-15)9-14(25(28)31-19)12-32-20-11-18(29)16-6-8-37-24(16)22(20)21(23(32)27(34)35)17-3-2-7-30-26(17)33;1-36-15-5-4-13-9-14(25(28)31-19(13)10-15)12-32-20-11-18(29)16-6-8-37-24(16)22(20)21(23(32)27(34)35)17-3-2-7-30-26(17)33;1-15-4-2-5-17(23(15)28)14-31-20-10-7-16-11-13-36-25(16)22(20)21(19-6-3-12-29-26(19)32)24(31)27(33)30-37(34,35)18-8-9-18/h3-7,10-14,20H,8-9,15H2,1-2H3,(H,29,32)(H,30,33);2*2-11H,12H2,1H3,(H,30,33)(H,34,35);2-7,10-13,18H,8-9,14H2,1H3,(H,29,32)(H,30,33). The zero-order valence-corrected chi connectivity index (χ0v) is 81.7. The first kappa shape index (κ1) is 96.6. The molecule has 2 aliphatic carbocycles. The van der Waals surface area contributed by atoms with E-state index in [1.807, 2.05) is 50.2 Å². The summed E-state index contributed by atoms with van der Waals surface area (Å²) in [5.74, 6) is -4.65. The number of aromatic nitrogens is 10. The molecule has 0 unspecified atom stereocenters. The molecule has 2 fully saturated rings. The average Bonchev–Trinajstić information content (AvgIpc) is 1.58. The fourth-order valence-corrected chi connectivity index (χ4v) is 22.2. The minimum atomic E-state index is -3.91. The number of nitrogens with one attached hydrogen (secondary N) is 6. The van der Waals surface area contributed by atoms with Gasteiger partial charge in [-0.2, -0.15) is 0 Å². The number of H-pyrrole nitrogens is 4. The molecule has 0 radical (unpaired) electrons. The lowest BCUT2D eigenvalue weighted by Gasteiger charge is -2.15. The number of hydrogen-bond donors (Lipinski definition) is 8. The summed E-state index contributed by atoms with van der Waals surface area (Å²) in [5.41, 5.74) is 8.16. The highest BCUT2D eigenvalue weighted by atomic mass is 35.5. The number of fused-ring (bicyclic) bond motifs is 14. The minimum absolute atomic E-state index is 0.0532. The highest BCUT2D eigenvalue weighted by molar-refractivity contribution is 7.91. The third-order valence-electron chi connectivity index (χ3n) is 26.5. The zero-order chi connectivity index (χ0) is 103. The Labute approximate surface area is 843 Å². The first-order valence-corrected chi connectivity index (χ1v) is 50.0. The molecule has 0 aliphatic heterocycles. The number of nitrogens with zero attached hydrogens (tertiary/aromatic N) is 6. The number of pyridine rings is 6. The summed E-state index contributed by atoms with van der Waals surface area (Å²) in [5, 5.41) is 24.8. The summed E-state index contributed by atoms with van der Waals surface area (Å²) in [4.78, 5) is 124. The van der Waals surface area contributed by atoms with E-state index in [1.165, 1.54) is 89.1 Å². The zero-order valence-electron chi connectivity index (χ0n) is 78.5. The fraction of sp³-hybridized carbons (Fsp3) is 0.138.